The zero-order valence-electron chi connectivity index (χ0n) is 9.80. The van der Waals surface area contributed by atoms with Gasteiger partial charge in [-0.15, -0.1) is 0 Å². The highest BCUT2D eigenvalue weighted by Gasteiger charge is 2.18. The van der Waals surface area contributed by atoms with Gasteiger partial charge in [0, 0.05) is 17.9 Å². The standard InChI is InChI=1S/C13H15ClO4/c14-11-3-1-9(2-4-11)10(5-12(17)7-15)6-13(18)8-16/h1-4,10,15-16H,5-8H2. The molecule has 0 amide bonds. The van der Waals surface area contributed by atoms with Crippen molar-refractivity contribution < 1.29 is 19.8 Å². The van der Waals surface area contributed by atoms with Gasteiger partial charge in [0.15, 0.2) is 11.6 Å². The summed E-state index contributed by atoms with van der Waals surface area (Å²) in [7, 11) is 0. The molecule has 0 radical (unpaired) electrons. The Kier molecular flexibility index (Phi) is 5.98. The average molecular weight is 271 g/mol. The Morgan fingerprint density at radius 1 is 1.00 bits per heavy atom. The molecule has 4 nitrogen and oxygen atoms in total. The molecule has 0 unspecified atom stereocenters. The van der Waals surface area contributed by atoms with Crippen molar-refractivity contribution in [3.63, 3.8) is 0 Å². The van der Waals surface area contributed by atoms with Gasteiger partial charge in [0.05, 0.1) is 0 Å². The van der Waals surface area contributed by atoms with Gasteiger partial charge >= 0.3 is 0 Å². The van der Waals surface area contributed by atoms with Crippen molar-refractivity contribution in [1.82, 2.24) is 0 Å². The lowest BCUT2D eigenvalue weighted by molar-refractivity contribution is -0.123. The van der Waals surface area contributed by atoms with Gasteiger partial charge in [0.2, 0.25) is 0 Å². The monoisotopic (exact) mass is 270 g/mol. The summed E-state index contributed by atoms with van der Waals surface area (Å²) in [5.74, 6) is -0.997. The zero-order valence-corrected chi connectivity index (χ0v) is 10.6. The van der Waals surface area contributed by atoms with Crippen LogP contribution in [0.15, 0.2) is 24.3 Å². The Morgan fingerprint density at radius 3 is 1.83 bits per heavy atom. The average Bonchev–Trinajstić information content (AvgIpc) is 2.38. The summed E-state index contributed by atoms with van der Waals surface area (Å²) in [6.07, 6.45) is 0.147. The van der Waals surface area contributed by atoms with E-state index in [0.29, 0.717) is 5.02 Å². The highest BCUT2D eigenvalue weighted by molar-refractivity contribution is 6.30. The Labute approximate surface area is 110 Å². The van der Waals surface area contributed by atoms with E-state index in [1.165, 1.54) is 0 Å². The molecule has 0 aliphatic carbocycles. The maximum atomic E-state index is 11.3. The van der Waals surface area contributed by atoms with Crippen LogP contribution in [0.5, 0.6) is 0 Å². The summed E-state index contributed by atoms with van der Waals surface area (Å²) in [5, 5.41) is 18.1. The largest absolute Gasteiger partial charge is 0.389 e. The van der Waals surface area contributed by atoms with Gasteiger partial charge in [-0.3, -0.25) is 9.59 Å². The predicted molar refractivity (Wildman–Crippen MR) is 67.6 cm³/mol. The highest BCUT2D eigenvalue weighted by atomic mass is 35.5. The first-order valence-corrected chi connectivity index (χ1v) is 5.95. The van der Waals surface area contributed by atoms with Crippen molar-refractivity contribution in [2.75, 3.05) is 13.2 Å². The second-order valence-corrected chi connectivity index (χ2v) is 4.49. The maximum Gasteiger partial charge on any atom is 0.158 e. The minimum absolute atomic E-state index is 0.0733. The van der Waals surface area contributed by atoms with Crippen LogP contribution in [-0.4, -0.2) is 35.0 Å². The van der Waals surface area contributed by atoms with Gasteiger partial charge in [-0.25, -0.2) is 0 Å². The second kappa shape index (κ2) is 7.26. The third-order valence-corrected chi connectivity index (χ3v) is 2.89. The van der Waals surface area contributed by atoms with Crippen LogP contribution in [0.1, 0.15) is 24.3 Å². The number of rotatable bonds is 7. The molecule has 0 spiro atoms. The van der Waals surface area contributed by atoms with Crippen molar-refractivity contribution in [2.24, 2.45) is 0 Å². The molecule has 0 fully saturated rings. The predicted octanol–water partition coefficient (Wildman–Crippen LogP) is 1.33. The number of carbonyl (C=O) groups excluding carboxylic acids is 2. The molecular weight excluding hydrogens is 256 g/mol. The summed E-state index contributed by atoms with van der Waals surface area (Å²) in [6.45, 7) is -1.09. The molecule has 0 aliphatic rings. The SMILES string of the molecule is O=C(CO)CC(CC(=O)CO)c1ccc(Cl)cc1. The number of ketones is 2. The molecule has 1 aromatic carbocycles. The zero-order chi connectivity index (χ0) is 13.5. The number of hydrogen-bond donors (Lipinski definition) is 2. The number of carbonyl (C=O) groups is 2. The molecule has 0 atom stereocenters. The van der Waals surface area contributed by atoms with E-state index in [1.54, 1.807) is 24.3 Å². The Hall–Kier alpha value is -1.23. The van der Waals surface area contributed by atoms with Gasteiger partial charge in [-0.2, -0.15) is 0 Å². The molecular formula is C13H15ClO4. The lowest BCUT2D eigenvalue weighted by Crippen LogP contribution is -2.15. The van der Waals surface area contributed by atoms with E-state index in [2.05, 4.69) is 0 Å². The molecule has 1 aromatic rings. The van der Waals surface area contributed by atoms with Gasteiger partial charge in [-0.1, -0.05) is 23.7 Å². The third-order valence-electron chi connectivity index (χ3n) is 2.64. The van der Waals surface area contributed by atoms with Crippen LogP contribution in [0, 0.1) is 0 Å². The van der Waals surface area contributed by atoms with Crippen LogP contribution in [0.2, 0.25) is 5.02 Å². The van der Waals surface area contributed by atoms with Crippen LogP contribution in [-0.2, 0) is 9.59 Å². The molecule has 1 rings (SSSR count). The lowest BCUT2D eigenvalue weighted by Gasteiger charge is -2.15. The van der Waals surface area contributed by atoms with E-state index in [0.717, 1.165) is 5.56 Å². The third kappa shape index (κ3) is 4.56. The number of aliphatic hydroxyl groups is 2. The summed E-state index contributed by atoms with van der Waals surface area (Å²) >= 11 is 5.77. The first kappa shape index (κ1) is 14.8. The summed E-state index contributed by atoms with van der Waals surface area (Å²) in [4.78, 5) is 22.6. The fraction of sp³-hybridized carbons (Fsp3) is 0.385. The minimum atomic E-state index is -0.544. The molecule has 0 saturated carbocycles. The number of hydrogen-bond acceptors (Lipinski definition) is 4. The number of halogens is 1. The number of aliphatic hydroxyl groups excluding tert-OH is 2. The van der Waals surface area contributed by atoms with Crippen molar-refractivity contribution in [3.8, 4) is 0 Å². The topological polar surface area (TPSA) is 74.6 Å². The van der Waals surface area contributed by atoms with Crippen molar-refractivity contribution in [2.45, 2.75) is 18.8 Å². The van der Waals surface area contributed by atoms with E-state index in [-0.39, 0.29) is 30.3 Å². The molecule has 2 N–H and O–H groups in total. The first-order chi connectivity index (χ1) is 8.56. The maximum absolute atomic E-state index is 11.3. The first-order valence-electron chi connectivity index (χ1n) is 5.57. The molecule has 5 heteroatoms. The van der Waals surface area contributed by atoms with Crippen LogP contribution < -0.4 is 0 Å². The molecule has 98 valence electrons. The number of Topliss-reactive ketones (excluding diaryl/α,β-unsaturated/α-hetero) is 2. The van der Waals surface area contributed by atoms with Crippen molar-refractivity contribution in [1.29, 1.82) is 0 Å². The Morgan fingerprint density at radius 2 is 1.44 bits per heavy atom. The van der Waals surface area contributed by atoms with Crippen LogP contribution >= 0.6 is 11.6 Å². The van der Waals surface area contributed by atoms with Crippen molar-refractivity contribution >= 4 is 23.2 Å². The number of benzene rings is 1. The normalized spacial score (nSPS) is 10.7. The van der Waals surface area contributed by atoms with E-state index in [4.69, 9.17) is 21.8 Å². The molecule has 0 heterocycles. The van der Waals surface area contributed by atoms with Gasteiger partial charge < -0.3 is 10.2 Å². The van der Waals surface area contributed by atoms with Gasteiger partial charge in [0.25, 0.3) is 0 Å². The second-order valence-electron chi connectivity index (χ2n) is 4.05. The molecule has 0 bridgehead atoms. The van der Waals surface area contributed by atoms with Crippen LogP contribution in [0.3, 0.4) is 0 Å². The molecule has 0 aromatic heterocycles. The van der Waals surface area contributed by atoms with Crippen LogP contribution in [0.25, 0.3) is 0 Å². The minimum Gasteiger partial charge on any atom is -0.389 e. The Balaban J connectivity index is 2.85. The lowest BCUT2D eigenvalue weighted by atomic mass is 9.89. The molecule has 18 heavy (non-hydrogen) atoms. The smallest absolute Gasteiger partial charge is 0.158 e. The van der Waals surface area contributed by atoms with Gasteiger partial charge in [0.1, 0.15) is 13.2 Å². The summed E-state index contributed by atoms with van der Waals surface area (Å²) in [6, 6.07) is 6.83. The van der Waals surface area contributed by atoms with Crippen molar-refractivity contribution in [3.05, 3.63) is 34.9 Å². The van der Waals surface area contributed by atoms with Gasteiger partial charge in [-0.05, 0) is 23.6 Å². The van der Waals surface area contributed by atoms with E-state index >= 15 is 0 Å². The van der Waals surface area contributed by atoms with E-state index < -0.39 is 13.2 Å². The Bertz CT molecular complexity index is 396. The van der Waals surface area contributed by atoms with Crippen LogP contribution in [0.4, 0.5) is 0 Å². The molecule has 0 saturated heterocycles. The quantitative estimate of drug-likeness (QED) is 0.784. The van der Waals surface area contributed by atoms with E-state index in [1.807, 2.05) is 0 Å². The molecule has 0 aliphatic heterocycles. The van der Waals surface area contributed by atoms with E-state index in [9.17, 15) is 9.59 Å². The highest BCUT2D eigenvalue weighted by Crippen LogP contribution is 2.25. The fourth-order valence-electron chi connectivity index (χ4n) is 1.72. The summed E-state index contributed by atoms with van der Waals surface area (Å²) in [5.41, 5.74) is 0.794. The summed E-state index contributed by atoms with van der Waals surface area (Å²) < 4.78 is 0. The fourth-order valence-corrected chi connectivity index (χ4v) is 1.85.